The smallest absolute Gasteiger partial charge is 0.0704 e. The number of hydrogen-bond acceptors (Lipinski definition) is 3. The van der Waals surface area contributed by atoms with Gasteiger partial charge in [0, 0.05) is 26.3 Å². The summed E-state index contributed by atoms with van der Waals surface area (Å²) in [6.07, 6.45) is 5.03. The van der Waals surface area contributed by atoms with Crippen LogP contribution < -0.4 is 5.32 Å². The number of nitrogens with zero attached hydrogens (tertiary/aromatic N) is 2. The molecule has 1 N–H and O–H groups in total. The lowest BCUT2D eigenvalue weighted by molar-refractivity contribution is 0.0558. The maximum Gasteiger partial charge on any atom is 0.0704 e. The van der Waals surface area contributed by atoms with Crippen LogP contribution in [-0.2, 0) is 18.3 Å². The average molecular weight is 209 g/mol. The molecule has 2 rings (SSSR count). The Morgan fingerprint density at radius 1 is 1.60 bits per heavy atom. The van der Waals surface area contributed by atoms with E-state index in [1.54, 1.807) is 0 Å². The second-order valence-electron chi connectivity index (χ2n) is 4.22. The van der Waals surface area contributed by atoms with Gasteiger partial charge in [-0.2, -0.15) is 5.10 Å². The summed E-state index contributed by atoms with van der Waals surface area (Å²) >= 11 is 0. The molecule has 4 heteroatoms. The molecule has 1 saturated heterocycles. The van der Waals surface area contributed by atoms with Crippen molar-refractivity contribution in [2.75, 3.05) is 6.54 Å². The van der Waals surface area contributed by atoms with E-state index in [4.69, 9.17) is 4.74 Å². The molecule has 0 aliphatic carbocycles. The van der Waals surface area contributed by atoms with Crippen LogP contribution in [0.3, 0.4) is 0 Å². The average Bonchev–Trinajstić information content (AvgIpc) is 2.77. The molecular formula is C11H19N3O. The van der Waals surface area contributed by atoms with Crippen molar-refractivity contribution in [1.82, 2.24) is 15.1 Å². The first-order valence-corrected chi connectivity index (χ1v) is 5.59. The second kappa shape index (κ2) is 4.77. The Balaban J connectivity index is 1.69. The summed E-state index contributed by atoms with van der Waals surface area (Å²) in [5.41, 5.74) is 1.21. The predicted molar refractivity (Wildman–Crippen MR) is 58.5 cm³/mol. The first-order valence-electron chi connectivity index (χ1n) is 5.59. The molecule has 1 aromatic rings. The fourth-order valence-electron chi connectivity index (χ4n) is 1.97. The van der Waals surface area contributed by atoms with E-state index in [9.17, 15) is 0 Å². The molecule has 0 bridgehead atoms. The lowest BCUT2D eigenvalue weighted by Crippen LogP contribution is -2.27. The summed E-state index contributed by atoms with van der Waals surface area (Å²) in [4.78, 5) is 0. The van der Waals surface area contributed by atoms with E-state index in [2.05, 4.69) is 17.3 Å². The van der Waals surface area contributed by atoms with E-state index in [1.165, 1.54) is 18.5 Å². The van der Waals surface area contributed by atoms with E-state index in [0.717, 1.165) is 13.1 Å². The molecular weight excluding hydrogens is 190 g/mol. The largest absolute Gasteiger partial charge is 0.374 e. The van der Waals surface area contributed by atoms with Gasteiger partial charge in [-0.05, 0) is 25.8 Å². The van der Waals surface area contributed by atoms with Crippen LogP contribution in [-0.4, -0.2) is 28.5 Å². The number of aryl methyl sites for hydroxylation is 1. The van der Waals surface area contributed by atoms with Gasteiger partial charge in [0.25, 0.3) is 0 Å². The van der Waals surface area contributed by atoms with Gasteiger partial charge in [-0.3, -0.25) is 4.68 Å². The maximum atomic E-state index is 5.73. The molecule has 1 aliphatic rings. The molecule has 0 amide bonds. The molecule has 0 aromatic carbocycles. The van der Waals surface area contributed by atoms with Crippen molar-refractivity contribution >= 4 is 0 Å². The van der Waals surface area contributed by atoms with E-state index >= 15 is 0 Å². The van der Waals surface area contributed by atoms with Crippen LogP contribution in [0.5, 0.6) is 0 Å². The Kier molecular flexibility index (Phi) is 3.38. The summed E-state index contributed by atoms with van der Waals surface area (Å²) in [7, 11) is 1.96. The van der Waals surface area contributed by atoms with Crippen molar-refractivity contribution in [3.05, 3.63) is 18.0 Å². The first kappa shape index (κ1) is 10.6. The minimum atomic E-state index is 0.397. The number of ether oxygens (including phenoxy) is 1. The van der Waals surface area contributed by atoms with E-state index in [-0.39, 0.29) is 0 Å². The van der Waals surface area contributed by atoms with Gasteiger partial charge in [0.1, 0.15) is 0 Å². The van der Waals surface area contributed by atoms with Crippen LogP contribution in [0.4, 0.5) is 0 Å². The molecule has 1 aromatic heterocycles. The van der Waals surface area contributed by atoms with Crippen LogP contribution in [0.25, 0.3) is 0 Å². The zero-order valence-corrected chi connectivity index (χ0v) is 9.44. The molecule has 2 unspecified atom stereocenters. The summed E-state index contributed by atoms with van der Waals surface area (Å²) in [6, 6.07) is 2.03. The Morgan fingerprint density at radius 2 is 2.47 bits per heavy atom. The van der Waals surface area contributed by atoms with E-state index in [0.29, 0.717) is 12.2 Å². The van der Waals surface area contributed by atoms with Gasteiger partial charge in [0.05, 0.1) is 17.9 Å². The van der Waals surface area contributed by atoms with Crippen LogP contribution >= 0.6 is 0 Å². The van der Waals surface area contributed by atoms with Crippen LogP contribution in [0.2, 0.25) is 0 Å². The number of nitrogens with one attached hydrogen (secondary N) is 1. The molecule has 1 fully saturated rings. The van der Waals surface area contributed by atoms with Crippen molar-refractivity contribution in [3.8, 4) is 0 Å². The molecule has 4 nitrogen and oxygen atoms in total. The Morgan fingerprint density at radius 3 is 3.07 bits per heavy atom. The standard InChI is InChI=1S/C11H19N3O/c1-9-3-4-11(15-9)8-12-7-10-5-6-13-14(10)2/h5-6,9,11-12H,3-4,7-8H2,1-2H3. The molecule has 1 aliphatic heterocycles. The highest BCUT2D eigenvalue weighted by molar-refractivity contribution is 4.99. The van der Waals surface area contributed by atoms with Gasteiger partial charge in [-0.1, -0.05) is 0 Å². The van der Waals surface area contributed by atoms with Crippen molar-refractivity contribution in [2.45, 2.75) is 38.5 Å². The van der Waals surface area contributed by atoms with Crippen molar-refractivity contribution in [1.29, 1.82) is 0 Å². The van der Waals surface area contributed by atoms with Gasteiger partial charge in [0.15, 0.2) is 0 Å². The van der Waals surface area contributed by atoms with Crippen LogP contribution in [0.1, 0.15) is 25.5 Å². The van der Waals surface area contributed by atoms with Gasteiger partial charge in [0.2, 0.25) is 0 Å². The van der Waals surface area contributed by atoms with Gasteiger partial charge >= 0.3 is 0 Å². The summed E-state index contributed by atoms with van der Waals surface area (Å²) in [5, 5.41) is 7.53. The first-order chi connectivity index (χ1) is 7.25. The third kappa shape index (κ3) is 2.79. The van der Waals surface area contributed by atoms with Crippen LogP contribution in [0.15, 0.2) is 12.3 Å². The molecule has 0 spiro atoms. The number of rotatable bonds is 4. The molecule has 84 valence electrons. The lowest BCUT2D eigenvalue weighted by Gasteiger charge is -2.12. The van der Waals surface area contributed by atoms with Gasteiger partial charge in [-0.25, -0.2) is 0 Å². The van der Waals surface area contributed by atoms with Crippen LogP contribution in [0, 0.1) is 0 Å². The molecule has 0 radical (unpaired) electrons. The SMILES string of the molecule is CC1CCC(CNCc2ccnn2C)O1. The summed E-state index contributed by atoms with van der Waals surface area (Å²) in [6.45, 7) is 3.95. The van der Waals surface area contributed by atoms with Crippen molar-refractivity contribution in [2.24, 2.45) is 7.05 Å². The predicted octanol–water partition coefficient (Wildman–Crippen LogP) is 1.08. The second-order valence-corrected chi connectivity index (χ2v) is 4.22. The molecule has 2 heterocycles. The van der Waals surface area contributed by atoms with E-state index in [1.807, 2.05) is 24.0 Å². The maximum absolute atomic E-state index is 5.73. The Labute approximate surface area is 90.6 Å². The molecule has 15 heavy (non-hydrogen) atoms. The normalized spacial score (nSPS) is 26.0. The van der Waals surface area contributed by atoms with Gasteiger partial charge < -0.3 is 10.1 Å². The minimum absolute atomic E-state index is 0.397. The van der Waals surface area contributed by atoms with Gasteiger partial charge in [-0.15, -0.1) is 0 Å². The topological polar surface area (TPSA) is 39.1 Å². The lowest BCUT2D eigenvalue weighted by atomic mass is 10.2. The molecule has 0 saturated carbocycles. The zero-order valence-electron chi connectivity index (χ0n) is 9.44. The highest BCUT2D eigenvalue weighted by Gasteiger charge is 2.20. The van der Waals surface area contributed by atoms with Crippen molar-refractivity contribution in [3.63, 3.8) is 0 Å². The van der Waals surface area contributed by atoms with E-state index < -0.39 is 0 Å². The quantitative estimate of drug-likeness (QED) is 0.806. The number of hydrogen-bond donors (Lipinski definition) is 1. The minimum Gasteiger partial charge on any atom is -0.374 e. The highest BCUT2D eigenvalue weighted by atomic mass is 16.5. The third-order valence-electron chi connectivity index (χ3n) is 2.92. The summed E-state index contributed by atoms with van der Waals surface area (Å²) < 4.78 is 7.62. The Hall–Kier alpha value is -0.870. The fraction of sp³-hybridized carbons (Fsp3) is 0.727. The highest BCUT2D eigenvalue weighted by Crippen LogP contribution is 2.18. The number of aromatic nitrogens is 2. The Bertz CT molecular complexity index is 311. The molecule has 2 atom stereocenters. The monoisotopic (exact) mass is 209 g/mol. The van der Waals surface area contributed by atoms with Crippen molar-refractivity contribution < 1.29 is 4.74 Å². The third-order valence-corrected chi connectivity index (χ3v) is 2.92. The fourth-order valence-corrected chi connectivity index (χ4v) is 1.97. The zero-order chi connectivity index (χ0) is 10.7. The summed E-state index contributed by atoms with van der Waals surface area (Å²) in [5.74, 6) is 0.